The standard InChI is InChI=1S/C18H18BrF2NO2/c1-11-6-7-16(13(8-11)18(20)21)24-10-14-12(9-17(23)22-2)4-3-5-15(14)19/h3-8,18H,9-10H2,1-2H3,(H,22,23). The van der Waals surface area contributed by atoms with Crippen molar-refractivity contribution in [1.82, 2.24) is 5.32 Å². The maximum absolute atomic E-state index is 13.2. The number of alkyl halides is 2. The summed E-state index contributed by atoms with van der Waals surface area (Å²) >= 11 is 3.43. The van der Waals surface area contributed by atoms with E-state index in [9.17, 15) is 13.6 Å². The Balaban J connectivity index is 2.25. The zero-order chi connectivity index (χ0) is 17.7. The van der Waals surface area contributed by atoms with Crippen molar-refractivity contribution in [2.24, 2.45) is 0 Å². The van der Waals surface area contributed by atoms with Gasteiger partial charge in [-0.3, -0.25) is 4.79 Å². The molecule has 0 fully saturated rings. The fourth-order valence-electron chi connectivity index (χ4n) is 2.31. The summed E-state index contributed by atoms with van der Waals surface area (Å²) in [6, 6.07) is 10.2. The number of ether oxygens (including phenoxy) is 1. The van der Waals surface area contributed by atoms with Gasteiger partial charge in [0.05, 0.1) is 12.0 Å². The number of likely N-dealkylation sites (N-methyl/N-ethyl adjacent to an activating group) is 1. The number of amides is 1. The van der Waals surface area contributed by atoms with E-state index in [1.165, 1.54) is 6.07 Å². The summed E-state index contributed by atoms with van der Waals surface area (Å²) in [5.74, 6) is 0.0233. The summed E-state index contributed by atoms with van der Waals surface area (Å²) in [6.45, 7) is 1.85. The molecule has 0 saturated heterocycles. The quantitative estimate of drug-likeness (QED) is 0.775. The van der Waals surface area contributed by atoms with Crippen LogP contribution in [0.25, 0.3) is 0 Å². The lowest BCUT2D eigenvalue weighted by molar-refractivity contribution is -0.119. The van der Waals surface area contributed by atoms with Crippen LogP contribution in [0.1, 0.15) is 28.7 Å². The van der Waals surface area contributed by atoms with E-state index in [4.69, 9.17) is 4.74 Å². The van der Waals surface area contributed by atoms with Crippen LogP contribution in [0, 0.1) is 6.92 Å². The van der Waals surface area contributed by atoms with Crippen molar-refractivity contribution in [1.29, 1.82) is 0 Å². The molecule has 0 saturated carbocycles. The van der Waals surface area contributed by atoms with Crippen molar-refractivity contribution in [3.8, 4) is 5.75 Å². The average molecular weight is 398 g/mol. The largest absolute Gasteiger partial charge is 0.488 e. The van der Waals surface area contributed by atoms with Gasteiger partial charge in [-0.25, -0.2) is 8.78 Å². The van der Waals surface area contributed by atoms with Crippen LogP contribution in [0.15, 0.2) is 40.9 Å². The molecule has 0 heterocycles. The predicted octanol–water partition coefficient (Wildman–Crippen LogP) is 4.56. The first-order valence-electron chi connectivity index (χ1n) is 7.40. The highest BCUT2D eigenvalue weighted by Gasteiger charge is 2.16. The van der Waals surface area contributed by atoms with Gasteiger partial charge >= 0.3 is 0 Å². The summed E-state index contributed by atoms with van der Waals surface area (Å²) in [5, 5.41) is 2.57. The Bertz CT molecular complexity index is 735. The van der Waals surface area contributed by atoms with Crippen molar-refractivity contribution < 1.29 is 18.3 Å². The molecule has 1 N–H and O–H groups in total. The number of nitrogens with one attached hydrogen (secondary N) is 1. The lowest BCUT2D eigenvalue weighted by Crippen LogP contribution is -2.21. The molecule has 0 spiro atoms. The van der Waals surface area contributed by atoms with Crippen LogP contribution < -0.4 is 10.1 Å². The van der Waals surface area contributed by atoms with E-state index in [-0.39, 0.29) is 30.2 Å². The fraction of sp³-hybridized carbons (Fsp3) is 0.278. The molecule has 0 unspecified atom stereocenters. The SMILES string of the molecule is CNC(=O)Cc1cccc(Br)c1COc1ccc(C)cc1C(F)F. The Morgan fingerprint density at radius 1 is 1.29 bits per heavy atom. The molecule has 2 aromatic carbocycles. The Labute approximate surface area is 148 Å². The molecule has 128 valence electrons. The van der Waals surface area contributed by atoms with Gasteiger partial charge in [0.15, 0.2) is 0 Å². The molecule has 2 rings (SSSR count). The molecule has 2 aromatic rings. The van der Waals surface area contributed by atoms with Crippen LogP contribution in [-0.2, 0) is 17.8 Å². The molecule has 24 heavy (non-hydrogen) atoms. The summed E-state index contributed by atoms with van der Waals surface area (Å²) in [5.41, 5.74) is 2.17. The summed E-state index contributed by atoms with van der Waals surface area (Å²) < 4.78 is 32.7. The molecule has 0 aromatic heterocycles. The number of halogens is 3. The first kappa shape index (κ1) is 18.4. The Morgan fingerprint density at radius 3 is 2.71 bits per heavy atom. The van der Waals surface area contributed by atoms with Crippen LogP contribution in [-0.4, -0.2) is 13.0 Å². The van der Waals surface area contributed by atoms with Crippen molar-refractivity contribution in [2.75, 3.05) is 7.05 Å². The number of hydrogen-bond acceptors (Lipinski definition) is 2. The van der Waals surface area contributed by atoms with E-state index in [1.807, 2.05) is 18.2 Å². The van der Waals surface area contributed by atoms with Gasteiger partial charge in [0.2, 0.25) is 5.91 Å². The average Bonchev–Trinajstić information content (AvgIpc) is 2.55. The van der Waals surface area contributed by atoms with E-state index in [1.54, 1.807) is 26.1 Å². The third-order valence-corrected chi connectivity index (χ3v) is 4.36. The van der Waals surface area contributed by atoms with Gasteiger partial charge in [0.25, 0.3) is 6.43 Å². The van der Waals surface area contributed by atoms with Crippen LogP contribution in [0.2, 0.25) is 0 Å². The Hall–Kier alpha value is -1.95. The molecule has 0 radical (unpaired) electrons. The Kier molecular flexibility index (Phi) is 6.31. The van der Waals surface area contributed by atoms with Gasteiger partial charge in [-0.15, -0.1) is 0 Å². The number of carbonyl (C=O) groups is 1. The van der Waals surface area contributed by atoms with Gasteiger partial charge in [-0.2, -0.15) is 0 Å². The molecule has 1 amide bonds. The summed E-state index contributed by atoms with van der Waals surface area (Å²) in [4.78, 5) is 11.6. The second-order valence-corrected chi connectivity index (χ2v) is 6.21. The van der Waals surface area contributed by atoms with Gasteiger partial charge < -0.3 is 10.1 Å². The maximum atomic E-state index is 13.2. The minimum Gasteiger partial charge on any atom is -0.488 e. The molecule has 3 nitrogen and oxygen atoms in total. The first-order valence-corrected chi connectivity index (χ1v) is 8.20. The second kappa shape index (κ2) is 8.24. The number of aryl methyl sites for hydroxylation is 1. The van der Waals surface area contributed by atoms with Crippen LogP contribution in [0.4, 0.5) is 8.78 Å². The Morgan fingerprint density at radius 2 is 2.04 bits per heavy atom. The molecule has 0 atom stereocenters. The van der Waals surface area contributed by atoms with Crippen LogP contribution in [0.5, 0.6) is 5.75 Å². The normalized spacial score (nSPS) is 10.8. The highest BCUT2D eigenvalue weighted by molar-refractivity contribution is 9.10. The number of benzene rings is 2. The highest BCUT2D eigenvalue weighted by Crippen LogP contribution is 2.31. The van der Waals surface area contributed by atoms with Crippen LogP contribution in [0.3, 0.4) is 0 Å². The van der Waals surface area contributed by atoms with Gasteiger partial charge in [-0.1, -0.05) is 39.7 Å². The second-order valence-electron chi connectivity index (χ2n) is 5.36. The lowest BCUT2D eigenvalue weighted by Gasteiger charge is -2.15. The highest BCUT2D eigenvalue weighted by atomic mass is 79.9. The smallest absolute Gasteiger partial charge is 0.267 e. The van der Waals surface area contributed by atoms with E-state index in [2.05, 4.69) is 21.2 Å². The summed E-state index contributed by atoms with van der Waals surface area (Å²) in [7, 11) is 1.57. The molecule has 0 aliphatic carbocycles. The van der Waals surface area contributed by atoms with Crippen molar-refractivity contribution in [3.63, 3.8) is 0 Å². The van der Waals surface area contributed by atoms with Gasteiger partial charge in [0, 0.05) is 17.1 Å². The topological polar surface area (TPSA) is 38.3 Å². The molecule has 6 heteroatoms. The van der Waals surface area contributed by atoms with E-state index in [0.717, 1.165) is 21.2 Å². The maximum Gasteiger partial charge on any atom is 0.267 e. The predicted molar refractivity (Wildman–Crippen MR) is 92.4 cm³/mol. The first-order chi connectivity index (χ1) is 11.4. The third-order valence-electron chi connectivity index (χ3n) is 3.62. The minimum absolute atomic E-state index is 0.0938. The van der Waals surface area contributed by atoms with Gasteiger partial charge in [0.1, 0.15) is 12.4 Å². The molecule has 0 aliphatic heterocycles. The van der Waals surface area contributed by atoms with E-state index >= 15 is 0 Å². The summed E-state index contributed by atoms with van der Waals surface area (Å²) in [6.07, 6.45) is -2.41. The molecule has 0 bridgehead atoms. The minimum atomic E-state index is -2.61. The van der Waals surface area contributed by atoms with Crippen molar-refractivity contribution >= 4 is 21.8 Å². The monoisotopic (exact) mass is 397 g/mol. The molecule has 0 aliphatic rings. The number of carbonyl (C=O) groups excluding carboxylic acids is 1. The van der Waals surface area contributed by atoms with Crippen molar-refractivity contribution in [3.05, 3.63) is 63.1 Å². The third kappa shape index (κ3) is 4.54. The zero-order valence-corrected chi connectivity index (χ0v) is 15.0. The van der Waals surface area contributed by atoms with E-state index < -0.39 is 6.43 Å². The van der Waals surface area contributed by atoms with Crippen molar-refractivity contribution in [2.45, 2.75) is 26.4 Å². The number of rotatable bonds is 6. The molecular weight excluding hydrogens is 380 g/mol. The molecular formula is C18H18BrF2NO2. The zero-order valence-electron chi connectivity index (χ0n) is 13.4. The fourth-order valence-corrected chi connectivity index (χ4v) is 2.83. The van der Waals surface area contributed by atoms with E-state index in [0.29, 0.717) is 0 Å². The number of hydrogen-bond donors (Lipinski definition) is 1. The van der Waals surface area contributed by atoms with Crippen LogP contribution >= 0.6 is 15.9 Å². The van der Waals surface area contributed by atoms with Gasteiger partial charge in [-0.05, 0) is 30.7 Å². The lowest BCUT2D eigenvalue weighted by atomic mass is 10.0.